The van der Waals surface area contributed by atoms with Gasteiger partial charge in [0.15, 0.2) is 0 Å². The lowest BCUT2D eigenvalue weighted by Gasteiger charge is -2.33. The molecular weight excluding hydrogens is 255 g/mol. The first-order valence-electron chi connectivity index (χ1n) is 5.89. The number of hydrogen-bond donors (Lipinski definition) is 2. The molecule has 98 valence electrons. The van der Waals surface area contributed by atoms with Gasteiger partial charge in [-0.25, -0.2) is 4.39 Å². The molecule has 1 saturated heterocycles. The Labute approximate surface area is 111 Å². The van der Waals surface area contributed by atoms with Gasteiger partial charge in [0, 0.05) is 31.7 Å². The van der Waals surface area contributed by atoms with Crippen LogP contribution >= 0.6 is 11.6 Å². The maximum Gasteiger partial charge on any atom is 0.145 e. The highest BCUT2D eigenvalue weighted by Gasteiger charge is 2.23. The van der Waals surface area contributed by atoms with Gasteiger partial charge in [-0.3, -0.25) is 4.90 Å². The predicted molar refractivity (Wildman–Crippen MR) is 70.5 cm³/mol. The van der Waals surface area contributed by atoms with Crippen molar-refractivity contribution in [3.63, 3.8) is 0 Å². The summed E-state index contributed by atoms with van der Waals surface area (Å²) in [7, 11) is 0. The summed E-state index contributed by atoms with van der Waals surface area (Å²) in [6.07, 6.45) is 1.74. The van der Waals surface area contributed by atoms with E-state index in [1.807, 2.05) is 0 Å². The van der Waals surface area contributed by atoms with Gasteiger partial charge >= 0.3 is 0 Å². The van der Waals surface area contributed by atoms with Crippen molar-refractivity contribution in [1.29, 1.82) is 0 Å². The highest BCUT2D eigenvalue weighted by atomic mass is 35.5. The average molecular weight is 271 g/mol. The SMILES string of the molecule is C=C[C@H](c1ccc(F)c(Cl)c1O)N1CCNCC1. The molecule has 1 aliphatic heterocycles. The first-order valence-corrected chi connectivity index (χ1v) is 6.27. The van der Waals surface area contributed by atoms with E-state index in [1.54, 1.807) is 12.1 Å². The number of rotatable bonds is 3. The fourth-order valence-corrected chi connectivity index (χ4v) is 2.40. The topological polar surface area (TPSA) is 35.5 Å². The highest BCUT2D eigenvalue weighted by molar-refractivity contribution is 6.32. The minimum atomic E-state index is -0.610. The minimum absolute atomic E-state index is 0.148. The zero-order valence-corrected chi connectivity index (χ0v) is 10.8. The zero-order valence-electron chi connectivity index (χ0n) is 10.00. The van der Waals surface area contributed by atoms with E-state index in [0.717, 1.165) is 26.2 Å². The van der Waals surface area contributed by atoms with E-state index in [9.17, 15) is 9.50 Å². The molecule has 0 amide bonds. The van der Waals surface area contributed by atoms with Gasteiger partial charge in [-0.15, -0.1) is 6.58 Å². The van der Waals surface area contributed by atoms with Crippen molar-refractivity contribution in [2.24, 2.45) is 0 Å². The van der Waals surface area contributed by atoms with Crippen LogP contribution in [0.3, 0.4) is 0 Å². The molecule has 0 aromatic heterocycles. The van der Waals surface area contributed by atoms with E-state index in [4.69, 9.17) is 11.6 Å². The van der Waals surface area contributed by atoms with Crippen LogP contribution in [0.25, 0.3) is 0 Å². The second-order valence-corrected chi connectivity index (χ2v) is 4.64. The van der Waals surface area contributed by atoms with Crippen LogP contribution in [0.1, 0.15) is 11.6 Å². The number of benzene rings is 1. The predicted octanol–water partition coefficient (Wildman–Crippen LogP) is 2.32. The van der Waals surface area contributed by atoms with Gasteiger partial charge in [0.05, 0.1) is 6.04 Å². The maximum absolute atomic E-state index is 13.2. The molecule has 0 radical (unpaired) electrons. The summed E-state index contributed by atoms with van der Waals surface area (Å²) in [5.74, 6) is -0.805. The van der Waals surface area contributed by atoms with Crippen molar-refractivity contribution in [3.8, 4) is 5.75 Å². The Hall–Kier alpha value is -1.10. The molecule has 0 aliphatic carbocycles. The van der Waals surface area contributed by atoms with Crippen molar-refractivity contribution in [2.75, 3.05) is 26.2 Å². The van der Waals surface area contributed by atoms with E-state index in [0.29, 0.717) is 5.56 Å². The molecule has 1 atom stereocenters. The van der Waals surface area contributed by atoms with Crippen LogP contribution in [-0.2, 0) is 0 Å². The standard InChI is InChI=1S/C13H16ClFN2O/c1-2-11(17-7-5-16-6-8-17)9-3-4-10(15)12(14)13(9)18/h2-4,11,16,18H,1,5-8H2/t11-/m1/s1. The maximum atomic E-state index is 13.2. The van der Waals surface area contributed by atoms with Crippen molar-refractivity contribution in [1.82, 2.24) is 10.2 Å². The number of hydrogen-bond acceptors (Lipinski definition) is 3. The summed E-state index contributed by atoms with van der Waals surface area (Å²) < 4.78 is 13.2. The molecule has 0 saturated carbocycles. The molecule has 0 spiro atoms. The lowest BCUT2D eigenvalue weighted by atomic mass is 10.0. The number of nitrogens with zero attached hydrogens (tertiary/aromatic N) is 1. The zero-order chi connectivity index (χ0) is 13.1. The molecule has 2 rings (SSSR count). The lowest BCUT2D eigenvalue weighted by molar-refractivity contribution is 0.201. The number of phenols is 1. The monoisotopic (exact) mass is 270 g/mol. The molecule has 1 aromatic rings. The van der Waals surface area contributed by atoms with Crippen molar-refractivity contribution in [2.45, 2.75) is 6.04 Å². The third-order valence-electron chi connectivity index (χ3n) is 3.19. The lowest BCUT2D eigenvalue weighted by Crippen LogP contribution is -2.44. The van der Waals surface area contributed by atoms with Crippen LogP contribution in [0.4, 0.5) is 4.39 Å². The summed E-state index contributed by atoms with van der Waals surface area (Å²) >= 11 is 5.73. The van der Waals surface area contributed by atoms with Crippen LogP contribution in [0.15, 0.2) is 24.8 Å². The molecule has 2 N–H and O–H groups in total. The number of aromatic hydroxyl groups is 1. The summed E-state index contributed by atoms with van der Waals surface area (Å²) in [4.78, 5) is 2.17. The molecule has 5 heteroatoms. The Kier molecular flexibility index (Phi) is 4.22. The van der Waals surface area contributed by atoms with Gasteiger partial charge in [-0.2, -0.15) is 0 Å². The molecule has 1 heterocycles. The van der Waals surface area contributed by atoms with E-state index in [-0.39, 0.29) is 16.8 Å². The van der Waals surface area contributed by atoms with Crippen LogP contribution in [0.2, 0.25) is 5.02 Å². The fraction of sp³-hybridized carbons (Fsp3) is 0.385. The smallest absolute Gasteiger partial charge is 0.145 e. The van der Waals surface area contributed by atoms with Crippen LogP contribution in [0.5, 0.6) is 5.75 Å². The summed E-state index contributed by atoms with van der Waals surface area (Å²) in [5, 5.41) is 13.0. The van der Waals surface area contributed by atoms with Crippen molar-refractivity contribution in [3.05, 3.63) is 41.2 Å². The molecular formula is C13H16ClFN2O. The van der Waals surface area contributed by atoms with E-state index in [2.05, 4.69) is 16.8 Å². The first-order chi connectivity index (χ1) is 8.65. The van der Waals surface area contributed by atoms with E-state index < -0.39 is 5.82 Å². The minimum Gasteiger partial charge on any atom is -0.506 e. The third kappa shape index (κ3) is 2.51. The molecule has 18 heavy (non-hydrogen) atoms. The highest BCUT2D eigenvalue weighted by Crippen LogP contribution is 2.36. The number of nitrogens with one attached hydrogen (secondary N) is 1. The second-order valence-electron chi connectivity index (χ2n) is 4.27. The molecule has 0 unspecified atom stereocenters. The van der Waals surface area contributed by atoms with Gasteiger partial charge in [0.25, 0.3) is 0 Å². The fourth-order valence-electron chi connectivity index (χ4n) is 2.23. The second kappa shape index (κ2) is 5.69. The number of phenolic OH excluding ortho intramolecular Hbond substituents is 1. The van der Waals surface area contributed by atoms with E-state index >= 15 is 0 Å². The molecule has 3 nitrogen and oxygen atoms in total. The molecule has 1 fully saturated rings. The first kappa shape index (κ1) is 13.3. The van der Waals surface area contributed by atoms with Crippen LogP contribution < -0.4 is 5.32 Å². The van der Waals surface area contributed by atoms with E-state index in [1.165, 1.54) is 6.07 Å². The average Bonchev–Trinajstić information content (AvgIpc) is 2.41. The summed E-state index contributed by atoms with van der Waals surface area (Å²) in [5.41, 5.74) is 0.596. The van der Waals surface area contributed by atoms with Crippen LogP contribution in [-0.4, -0.2) is 36.2 Å². The molecule has 1 aromatic carbocycles. The Morgan fingerprint density at radius 1 is 1.44 bits per heavy atom. The van der Waals surface area contributed by atoms with Gasteiger partial charge < -0.3 is 10.4 Å². The van der Waals surface area contributed by atoms with Gasteiger partial charge in [-0.05, 0) is 6.07 Å². The third-order valence-corrected chi connectivity index (χ3v) is 3.55. The Morgan fingerprint density at radius 2 is 2.11 bits per heavy atom. The van der Waals surface area contributed by atoms with Crippen LogP contribution in [0, 0.1) is 5.82 Å². The summed E-state index contributed by atoms with van der Waals surface area (Å²) in [6.45, 7) is 7.28. The Morgan fingerprint density at radius 3 is 2.72 bits per heavy atom. The Bertz CT molecular complexity index is 447. The van der Waals surface area contributed by atoms with Gasteiger partial charge in [0.1, 0.15) is 16.6 Å². The van der Waals surface area contributed by atoms with Crippen molar-refractivity contribution < 1.29 is 9.50 Å². The van der Waals surface area contributed by atoms with Gasteiger partial charge in [0.2, 0.25) is 0 Å². The number of halogens is 2. The quantitative estimate of drug-likeness (QED) is 0.828. The molecule has 0 bridgehead atoms. The molecule has 1 aliphatic rings. The summed E-state index contributed by atoms with van der Waals surface area (Å²) in [6, 6.07) is 2.69. The number of piperazine rings is 1. The normalized spacial score (nSPS) is 18.6. The van der Waals surface area contributed by atoms with Crippen molar-refractivity contribution >= 4 is 11.6 Å². The largest absolute Gasteiger partial charge is 0.506 e. The van der Waals surface area contributed by atoms with Gasteiger partial charge in [-0.1, -0.05) is 23.7 Å². The Balaban J connectivity index is 2.32.